The van der Waals surface area contributed by atoms with E-state index in [-0.39, 0.29) is 17.7 Å². The molecule has 2 aliphatic rings. The quantitative estimate of drug-likeness (QED) is 0.671. The van der Waals surface area contributed by atoms with Crippen molar-refractivity contribution < 1.29 is 9.59 Å². The average molecular weight is 387 g/mol. The van der Waals surface area contributed by atoms with E-state index >= 15 is 0 Å². The first-order valence-electron chi connectivity index (χ1n) is 10.6. The second-order valence-electron chi connectivity index (χ2n) is 8.49. The van der Waals surface area contributed by atoms with E-state index in [0.717, 1.165) is 51.3 Å². The maximum absolute atomic E-state index is 12.5. The van der Waals surface area contributed by atoms with Gasteiger partial charge >= 0.3 is 0 Å². The number of nitrogens with two attached hydrogens (primary N) is 1. The molecule has 0 aromatic heterocycles. The summed E-state index contributed by atoms with van der Waals surface area (Å²) in [6, 6.07) is 8.10. The molecule has 154 valence electrons. The number of primary amides is 1. The Kier molecular flexibility index (Phi) is 7.45. The van der Waals surface area contributed by atoms with Crippen molar-refractivity contribution in [3.63, 3.8) is 0 Å². The molecule has 2 atom stereocenters. The zero-order valence-electron chi connectivity index (χ0n) is 17.0. The molecule has 4 N–H and O–H groups in total. The van der Waals surface area contributed by atoms with E-state index in [9.17, 15) is 9.59 Å². The largest absolute Gasteiger partial charge is 0.369 e. The number of hydrogen-bond donors (Lipinski definition) is 3. The van der Waals surface area contributed by atoms with Crippen LogP contribution >= 0.6 is 0 Å². The molecular weight excluding hydrogens is 352 g/mol. The van der Waals surface area contributed by atoms with Crippen molar-refractivity contribution in [2.24, 2.45) is 23.5 Å². The molecule has 6 heteroatoms. The number of nitrogens with zero attached hydrogens (tertiary/aromatic N) is 1. The van der Waals surface area contributed by atoms with Crippen LogP contribution in [0.5, 0.6) is 0 Å². The monoisotopic (exact) mass is 386 g/mol. The van der Waals surface area contributed by atoms with Crippen molar-refractivity contribution in [1.82, 2.24) is 10.2 Å². The van der Waals surface area contributed by atoms with Crippen LogP contribution in [0.2, 0.25) is 0 Å². The van der Waals surface area contributed by atoms with E-state index in [1.54, 1.807) is 0 Å². The van der Waals surface area contributed by atoms with Crippen LogP contribution in [0.25, 0.3) is 0 Å². The first-order chi connectivity index (χ1) is 13.5. The molecule has 2 amide bonds. The topological polar surface area (TPSA) is 87.5 Å². The normalized spacial score (nSPS) is 22.5. The summed E-state index contributed by atoms with van der Waals surface area (Å²) in [4.78, 5) is 26.1. The molecule has 0 radical (unpaired) electrons. The highest BCUT2D eigenvalue weighted by molar-refractivity contribution is 5.90. The number of benzene rings is 1. The fourth-order valence-electron chi connectivity index (χ4n) is 4.42. The fourth-order valence-corrected chi connectivity index (χ4v) is 4.42. The third kappa shape index (κ3) is 6.04. The van der Waals surface area contributed by atoms with Crippen LogP contribution in [0.1, 0.15) is 44.6 Å². The van der Waals surface area contributed by atoms with E-state index in [1.165, 1.54) is 18.4 Å². The van der Waals surface area contributed by atoms with E-state index in [2.05, 4.69) is 34.6 Å². The lowest BCUT2D eigenvalue weighted by atomic mass is 9.85. The number of carbonyl (C=O) groups excluding carboxylic acids is 2. The number of anilines is 1. The van der Waals surface area contributed by atoms with Crippen LogP contribution in [0, 0.1) is 17.8 Å². The number of piperidine rings is 2. The minimum atomic E-state index is -0.178. The number of rotatable bonds is 7. The Bertz CT molecular complexity index is 664. The smallest absolute Gasteiger partial charge is 0.224 e. The van der Waals surface area contributed by atoms with Crippen LogP contribution in [-0.4, -0.2) is 42.9 Å². The molecule has 2 saturated heterocycles. The first-order valence-corrected chi connectivity index (χ1v) is 10.6. The Labute approximate surface area is 168 Å². The van der Waals surface area contributed by atoms with Crippen molar-refractivity contribution in [1.29, 1.82) is 0 Å². The van der Waals surface area contributed by atoms with Crippen molar-refractivity contribution >= 4 is 17.5 Å². The molecule has 0 saturated carbocycles. The van der Waals surface area contributed by atoms with Gasteiger partial charge in [-0.05, 0) is 81.4 Å². The van der Waals surface area contributed by atoms with Crippen molar-refractivity contribution in [2.45, 2.75) is 45.6 Å². The second kappa shape index (κ2) is 10.0. The Hall–Kier alpha value is -1.92. The van der Waals surface area contributed by atoms with E-state index in [4.69, 9.17) is 5.73 Å². The van der Waals surface area contributed by atoms with Gasteiger partial charge < -0.3 is 16.4 Å². The van der Waals surface area contributed by atoms with Gasteiger partial charge in [-0.2, -0.15) is 0 Å². The third-order valence-electron chi connectivity index (χ3n) is 6.25. The van der Waals surface area contributed by atoms with Crippen LogP contribution in [-0.2, 0) is 16.1 Å². The molecule has 6 nitrogen and oxygen atoms in total. The summed E-state index contributed by atoms with van der Waals surface area (Å²) in [5.74, 6) is 0.917. The highest BCUT2D eigenvalue weighted by atomic mass is 16.2. The Morgan fingerprint density at radius 1 is 1.29 bits per heavy atom. The summed E-state index contributed by atoms with van der Waals surface area (Å²) in [6.45, 7) is 6.91. The molecule has 28 heavy (non-hydrogen) atoms. The molecule has 2 aliphatic heterocycles. The van der Waals surface area contributed by atoms with Crippen LogP contribution in [0.4, 0.5) is 5.69 Å². The lowest BCUT2D eigenvalue weighted by molar-refractivity contribution is -0.123. The van der Waals surface area contributed by atoms with Gasteiger partial charge in [-0.3, -0.25) is 14.5 Å². The van der Waals surface area contributed by atoms with Gasteiger partial charge in [-0.1, -0.05) is 19.1 Å². The predicted octanol–water partition coefficient (Wildman–Crippen LogP) is 2.35. The SMILES string of the molecule is CC(CC(=O)Nc1cccc(CN2CCC(C(N)=O)CC2)c1)C1CCCNC1. The Morgan fingerprint density at radius 2 is 2.07 bits per heavy atom. The van der Waals surface area contributed by atoms with Crippen LogP contribution < -0.4 is 16.4 Å². The van der Waals surface area contributed by atoms with E-state index in [1.807, 2.05) is 12.1 Å². The van der Waals surface area contributed by atoms with Crippen molar-refractivity contribution in [3.8, 4) is 0 Å². The summed E-state index contributed by atoms with van der Waals surface area (Å²) in [6.07, 6.45) is 4.65. The molecular formula is C22H34N4O2. The van der Waals surface area contributed by atoms with Gasteiger partial charge in [0.1, 0.15) is 0 Å². The minimum absolute atomic E-state index is 0.0169. The van der Waals surface area contributed by atoms with E-state index < -0.39 is 0 Å². The predicted molar refractivity (Wildman–Crippen MR) is 112 cm³/mol. The van der Waals surface area contributed by atoms with Crippen LogP contribution in [0.3, 0.4) is 0 Å². The molecule has 0 bridgehead atoms. The van der Waals surface area contributed by atoms with Crippen molar-refractivity contribution in [3.05, 3.63) is 29.8 Å². The lowest BCUT2D eigenvalue weighted by Crippen LogP contribution is -2.38. The average Bonchev–Trinajstić information content (AvgIpc) is 2.69. The summed E-state index contributed by atoms with van der Waals surface area (Å²) >= 11 is 0. The summed E-state index contributed by atoms with van der Waals surface area (Å²) < 4.78 is 0. The number of likely N-dealkylation sites (tertiary alicyclic amines) is 1. The van der Waals surface area contributed by atoms with Gasteiger partial charge in [0.05, 0.1) is 0 Å². The van der Waals surface area contributed by atoms with Gasteiger partial charge in [-0.25, -0.2) is 0 Å². The third-order valence-corrected chi connectivity index (χ3v) is 6.25. The molecule has 0 spiro atoms. The van der Waals surface area contributed by atoms with Gasteiger partial charge in [-0.15, -0.1) is 0 Å². The summed E-state index contributed by atoms with van der Waals surface area (Å²) in [7, 11) is 0. The second-order valence-corrected chi connectivity index (χ2v) is 8.49. The molecule has 1 aromatic carbocycles. The molecule has 2 fully saturated rings. The lowest BCUT2D eigenvalue weighted by Gasteiger charge is -2.30. The zero-order valence-corrected chi connectivity index (χ0v) is 17.0. The Morgan fingerprint density at radius 3 is 2.75 bits per heavy atom. The van der Waals surface area contributed by atoms with Gasteiger partial charge in [0.25, 0.3) is 0 Å². The van der Waals surface area contributed by atoms with Gasteiger partial charge in [0, 0.05) is 24.6 Å². The summed E-state index contributed by atoms with van der Waals surface area (Å²) in [5.41, 5.74) is 7.46. The minimum Gasteiger partial charge on any atom is -0.369 e. The maximum atomic E-state index is 12.5. The highest BCUT2D eigenvalue weighted by Gasteiger charge is 2.24. The number of carbonyl (C=O) groups is 2. The zero-order chi connectivity index (χ0) is 19.9. The number of amides is 2. The number of hydrogen-bond acceptors (Lipinski definition) is 4. The standard InChI is InChI=1S/C22H34N4O2/c1-16(19-5-3-9-24-14-19)12-21(27)25-20-6-2-4-17(13-20)15-26-10-7-18(8-11-26)22(23)28/h2,4,6,13,16,18-19,24H,3,5,7-12,14-15H2,1H3,(H2,23,28)(H,25,27). The molecule has 0 aliphatic carbocycles. The van der Waals surface area contributed by atoms with Crippen molar-refractivity contribution in [2.75, 3.05) is 31.5 Å². The molecule has 3 rings (SSSR count). The highest BCUT2D eigenvalue weighted by Crippen LogP contribution is 2.24. The molecule has 2 unspecified atom stereocenters. The maximum Gasteiger partial charge on any atom is 0.224 e. The van der Waals surface area contributed by atoms with Gasteiger partial charge in [0.15, 0.2) is 0 Å². The molecule has 1 aromatic rings. The van der Waals surface area contributed by atoms with Gasteiger partial charge in [0.2, 0.25) is 11.8 Å². The molecule has 2 heterocycles. The first kappa shape index (κ1) is 20.8. The van der Waals surface area contributed by atoms with E-state index in [0.29, 0.717) is 18.3 Å². The number of nitrogens with one attached hydrogen (secondary N) is 2. The Balaban J connectivity index is 1.47. The summed E-state index contributed by atoms with van der Waals surface area (Å²) in [5, 5.41) is 6.50. The fraction of sp³-hybridized carbons (Fsp3) is 0.636. The van der Waals surface area contributed by atoms with Crippen LogP contribution in [0.15, 0.2) is 24.3 Å².